The number of hydrogen-bond donors (Lipinski definition) is 1. The molecule has 17 heavy (non-hydrogen) atoms. The van der Waals surface area contributed by atoms with Crippen LogP contribution in [-0.4, -0.2) is 21.8 Å². The summed E-state index contributed by atoms with van der Waals surface area (Å²) in [6.07, 6.45) is 7.29. The molecule has 2 aromatic rings. The maximum absolute atomic E-state index is 6.16. The van der Waals surface area contributed by atoms with Gasteiger partial charge in [-0.1, -0.05) is 11.6 Å². The minimum atomic E-state index is 0.0470. The summed E-state index contributed by atoms with van der Waals surface area (Å²) >= 11 is 6.16. The van der Waals surface area contributed by atoms with E-state index in [1.54, 1.807) is 12.4 Å². The highest BCUT2D eigenvalue weighted by molar-refractivity contribution is 6.31. The maximum Gasteiger partial charge on any atom is 0.0640 e. The molecule has 2 aromatic heterocycles. The second-order valence-corrected chi connectivity index (χ2v) is 4.16. The summed E-state index contributed by atoms with van der Waals surface area (Å²) in [5, 5.41) is 8.19. The summed E-state index contributed by atoms with van der Waals surface area (Å²) < 4.78 is 1.90. The molecule has 0 spiro atoms. The first-order chi connectivity index (χ1) is 8.26. The normalized spacial score (nSPS) is 12.6. The Kier molecular flexibility index (Phi) is 3.76. The summed E-state index contributed by atoms with van der Waals surface area (Å²) in [5.41, 5.74) is 2.11. The molecule has 1 N–H and O–H groups in total. The van der Waals surface area contributed by atoms with Crippen LogP contribution in [0.2, 0.25) is 5.02 Å². The van der Waals surface area contributed by atoms with Gasteiger partial charge in [0, 0.05) is 30.7 Å². The first-order valence-corrected chi connectivity index (χ1v) is 5.93. The Bertz CT molecular complexity index is 495. The van der Waals surface area contributed by atoms with Crippen LogP contribution in [0.1, 0.15) is 24.1 Å². The zero-order valence-electron chi connectivity index (χ0n) is 9.89. The SMILES string of the molecule is CCn1cc(C(NC)c2ccncc2Cl)cn1. The molecule has 2 rings (SSSR count). The minimum Gasteiger partial charge on any atom is -0.309 e. The van der Waals surface area contributed by atoms with Crippen molar-refractivity contribution < 1.29 is 0 Å². The molecule has 0 bridgehead atoms. The number of nitrogens with one attached hydrogen (secondary N) is 1. The van der Waals surface area contributed by atoms with E-state index in [-0.39, 0.29) is 6.04 Å². The van der Waals surface area contributed by atoms with E-state index in [1.807, 2.05) is 30.2 Å². The minimum absolute atomic E-state index is 0.0470. The van der Waals surface area contributed by atoms with Crippen molar-refractivity contribution in [3.8, 4) is 0 Å². The zero-order chi connectivity index (χ0) is 12.3. The topological polar surface area (TPSA) is 42.7 Å². The Morgan fingerprint density at radius 3 is 2.88 bits per heavy atom. The Hall–Kier alpha value is -1.39. The van der Waals surface area contributed by atoms with Crippen LogP contribution >= 0.6 is 11.6 Å². The Morgan fingerprint density at radius 1 is 1.47 bits per heavy atom. The maximum atomic E-state index is 6.16. The predicted octanol–water partition coefficient (Wildman–Crippen LogP) is 2.26. The van der Waals surface area contributed by atoms with Gasteiger partial charge in [0.2, 0.25) is 0 Å². The number of hydrogen-bond acceptors (Lipinski definition) is 3. The third-order valence-corrected chi connectivity index (χ3v) is 3.03. The van der Waals surface area contributed by atoms with E-state index in [1.165, 1.54) is 0 Å². The fourth-order valence-electron chi connectivity index (χ4n) is 1.82. The van der Waals surface area contributed by atoms with Gasteiger partial charge < -0.3 is 5.32 Å². The third kappa shape index (κ3) is 2.48. The van der Waals surface area contributed by atoms with E-state index < -0.39 is 0 Å². The molecule has 0 radical (unpaired) electrons. The monoisotopic (exact) mass is 250 g/mol. The van der Waals surface area contributed by atoms with Gasteiger partial charge in [0.15, 0.2) is 0 Å². The fourth-order valence-corrected chi connectivity index (χ4v) is 2.05. The van der Waals surface area contributed by atoms with E-state index in [0.717, 1.165) is 17.7 Å². The van der Waals surface area contributed by atoms with Gasteiger partial charge in [-0.2, -0.15) is 5.10 Å². The van der Waals surface area contributed by atoms with Crippen LogP contribution in [0.15, 0.2) is 30.9 Å². The molecular weight excluding hydrogens is 236 g/mol. The summed E-state index contributed by atoms with van der Waals surface area (Å²) in [6.45, 7) is 2.92. The van der Waals surface area contributed by atoms with Crippen molar-refractivity contribution in [1.82, 2.24) is 20.1 Å². The first-order valence-electron chi connectivity index (χ1n) is 5.55. The molecule has 0 amide bonds. The molecule has 0 saturated carbocycles. The molecule has 4 nitrogen and oxygen atoms in total. The Balaban J connectivity index is 2.36. The van der Waals surface area contributed by atoms with Crippen molar-refractivity contribution in [2.24, 2.45) is 0 Å². The number of aryl methyl sites for hydroxylation is 1. The van der Waals surface area contributed by atoms with Gasteiger partial charge in [-0.15, -0.1) is 0 Å². The first kappa shape index (κ1) is 12.1. The van der Waals surface area contributed by atoms with E-state index in [2.05, 4.69) is 22.3 Å². The van der Waals surface area contributed by atoms with Crippen LogP contribution in [0, 0.1) is 0 Å². The molecular formula is C12H15ClN4. The Labute approximate surface area is 106 Å². The summed E-state index contributed by atoms with van der Waals surface area (Å²) in [7, 11) is 1.91. The lowest BCUT2D eigenvalue weighted by Crippen LogP contribution is -2.17. The van der Waals surface area contributed by atoms with Crippen LogP contribution in [0.4, 0.5) is 0 Å². The largest absolute Gasteiger partial charge is 0.309 e. The molecule has 0 aliphatic rings. The predicted molar refractivity (Wildman–Crippen MR) is 68.1 cm³/mol. The Morgan fingerprint density at radius 2 is 2.29 bits per heavy atom. The second-order valence-electron chi connectivity index (χ2n) is 3.75. The van der Waals surface area contributed by atoms with Gasteiger partial charge in [0.25, 0.3) is 0 Å². The van der Waals surface area contributed by atoms with Crippen LogP contribution in [-0.2, 0) is 6.54 Å². The quantitative estimate of drug-likeness (QED) is 0.905. The van der Waals surface area contributed by atoms with Crippen LogP contribution in [0.25, 0.3) is 0 Å². The van der Waals surface area contributed by atoms with Crippen LogP contribution < -0.4 is 5.32 Å². The van der Waals surface area contributed by atoms with Gasteiger partial charge in [-0.3, -0.25) is 9.67 Å². The standard InChI is InChI=1S/C12H15ClN4/c1-3-17-8-9(6-16-17)12(14-2)10-4-5-15-7-11(10)13/h4-8,12,14H,3H2,1-2H3. The fraction of sp³-hybridized carbons (Fsp3) is 0.333. The van der Waals surface area contributed by atoms with Crippen LogP contribution in [0.5, 0.6) is 0 Å². The second kappa shape index (κ2) is 5.29. The average Bonchev–Trinajstić information content (AvgIpc) is 2.81. The number of rotatable bonds is 4. The zero-order valence-corrected chi connectivity index (χ0v) is 10.6. The molecule has 2 heterocycles. The van der Waals surface area contributed by atoms with Crippen molar-refractivity contribution in [3.05, 3.63) is 47.0 Å². The van der Waals surface area contributed by atoms with Gasteiger partial charge in [0.05, 0.1) is 17.3 Å². The summed E-state index contributed by atoms with van der Waals surface area (Å²) in [5.74, 6) is 0. The highest BCUT2D eigenvalue weighted by atomic mass is 35.5. The lowest BCUT2D eigenvalue weighted by Gasteiger charge is -2.15. The highest BCUT2D eigenvalue weighted by Gasteiger charge is 2.16. The number of nitrogens with zero attached hydrogens (tertiary/aromatic N) is 3. The van der Waals surface area contributed by atoms with Gasteiger partial charge in [0.1, 0.15) is 0 Å². The van der Waals surface area contributed by atoms with Crippen molar-refractivity contribution in [2.75, 3.05) is 7.05 Å². The highest BCUT2D eigenvalue weighted by Crippen LogP contribution is 2.26. The number of pyridine rings is 1. The lowest BCUT2D eigenvalue weighted by molar-refractivity contribution is 0.653. The molecule has 0 aliphatic heterocycles. The van der Waals surface area contributed by atoms with Gasteiger partial charge in [-0.25, -0.2) is 0 Å². The van der Waals surface area contributed by atoms with Crippen molar-refractivity contribution >= 4 is 11.6 Å². The number of aromatic nitrogens is 3. The molecule has 1 atom stereocenters. The van der Waals surface area contributed by atoms with E-state index in [0.29, 0.717) is 5.02 Å². The van der Waals surface area contributed by atoms with Crippen molar-refractivity contribution in [2.45, 2.75) is 19.5 Å². The molecule has 0 aromatic carbocycles. The van der Waals surface area contributed by atoms with Crippen molar-refractivity contribution in [1.29, 1.82) is 0 Å². The average molecular weight is 251 g/mol. The molecule has 0 fully saturated rings. The van der Waals surface area contributed by atoms with E-state index >= 15 is 0 Å². The molecule has 0 aliphatic carbocycles. The third-order valence-electron chi connectivity index (χ3n) is 2.71. The van der Waals surface area contributed by atoms with Gasteiger partial charge >= 0.3 is 0 Å². The molecule has 0 saturated heterocycles. The molecule has 90 valence electrons. The summed E-state index contributed by atoms with van der Waals surface area (Å²) in [4.78, 5) is 4.00. The smallest absolute Gasteiger partial charge is 0.0640 e. The van der Waals surface area contributed by atoms with Gasteiger partial charge in [-0.05, 0) is 25.6 Å². The van der Waals surface area contributed by atoms with Crippen LogP contribution in [0.3, 0.4) is 0 Å². The number of halogens is 1. The lowest BCUT2D eigenvalue weighted by atomic mass is 10.0. The van der Waals surface area contributed by atoms with E-state index in [4.69, 9.17) is 11.6 Å². The van der Waals surface area contributed by atoms with Crippen molar-refractivity contribution in [3.63, 3.8) is 0 Å². The molecule has 5 heteroatoms. The van der Waals surface area contributed by atoms with E-state index in [9.17, 15) is 0 Å². The molecule has 1 unspecified atom stereocenters. The summed E-state index contributed by atoms with van der Waals surface area (Å²) in [6, 6.07) is 1.97.